The average molecular weight is 251 g/mol. The maximum atomic E-state index is 10.9. The summed E-state index contributed by atoms with van der Waals surface area (Å²) in [4.78, 5) is 10.9. The summed E-state index contributed by atoms with van der Waals surface area (Å²) in [5.41, 5.74) is -0.127. The van der Waals surface area contributed by atoms with Crippen LogP contribution in [-0.2, 0) is 4.79 Å². The Hall–Kier alpha value is -0.0500. The smallest absolute Gasteiger partial charge is 0.307 e. The minimum atomic E-state index is -0.665. The van der Waals surface area contributed by atoms with E-state index in [2.05, 4.69) is 15.9 Å². The van der Waals surface area contributed by atoms with Gasteiger partial charge in [0.25, 0.3) is 0 Å². The van der Waals surface area contributed by atoms with Crippen molar-refractivity contribution < 1.29 is 9.90 Å². The number of hydrogen-bond acceptors (Lipinski definition) is 1. The molecule has 0 heterocycles. The molecule has 0 fully saturated rings. The van der Waals surface area contributed by atoms with Gasteiger partial charge >= 0.3 is 5.97 Å². The Labute approximate surface area is 88.8 Å². The van der Waals surface area contributed by atoms with Gasteiger partial charge in [0.1, 0.15) is 0 Å². The molecule has 0 aromatic carbocycles. The summed E-state index contributed by atoms with van der Waals surface area (Å²) in [6, 6.07) is 0. The zero-order chi connectivity index (χ0) is 10.5. The first kappa shape index (κ1) is 12.9. The predicted molar refractivity (Wildman–Crippen MR) is 58.2 cm³/mol. The van der Waals surface area contributed by atoms with Crippen molar-refractivity contribution in [3.05, 3.63) is 0 Å². The molecular weight excluding hydrogens is 232 g/mol. The van der Waals surface area contributed by atoms with Gasteiger partial charge in [-0.15, -0.1) is 0 Å². The summed E-state index contributed by atoms with van der Waals surface area (Å²) in [5, 5.41) is 9.96. The van der Waals surface area contributed by atoms with E-state index in [1.54, 1.807) is 0 Å². The molecule has 0 aliphatic heterocycles. The molecule has 1 N–H and O–H groups in total. The van der Waals surface area contributed by atoms with Gasteiger partial charge < -0.3 is 5.11 Å². The third-order valence-electron chi connectivity index (χ3n) is 2.22. The summed E-state index contributed by atoms with van der Waals surface area (Å²) < 4.78 is 0. The number of rotatable bonds is 5. The first-order chi connectivity index (χ1) is 5.89. The summed E-state index contributed by atoms with van der Waals surface area (Å²) in [7, 11) is 0. The number of hydrogen-bond donors (Lipinski definition) is 1. The zero-order valence-corrected chi connectivity index (χ0v) is 10.2. The highest BCUT2D eigenvalue weighted by Gasteiger charge is 2.30. The van der Waals surface area contributed by atoms with Gasteiger partial charge in [0.15, 0.2) is 0 Å². The Morgan fingerprint density at radius 2 is 1.92 bits per heavy atom. The number of unbranched alkanes of at least 4 members (excludes halogenated alkanes) is 1. The van der Waals surface area contributed by atoms with Crippen LogP contribution in [0.5, 0.6) is 0 Å². The van der Waals surface area contributed by atoms with Crippen LogP contribution >= 0.6 is 15.9 Å². The zero-order valence-electron chi connectivity index (χ0n) is 8.64. The monoisotopic (exact) mass is 250 g/mol. The normalized spacial score (nSPS) is 14.2. The van der Waals surface area contributed by atoms with E-state index >= 15 is 0 Å². The number of alkyl halides is 1. The number of carboxylic acids is 1. The van der Waals surface area contributed by atoms with Crippen LogP contribution in [0.4, 0.5) is 0 Å². The van der Waals surface area contributed by atoms with Gasteiger partial charge in [-0.05, 0) is 18.3 Å². The Kier molecular flexibility index (Phi) is 5.61. The van der Waals surface area contributed by atoms with Crippen molar-refractivity contribution in [3.8, 4) is 0 Å². The van der Waals surface area contributed by atoms with Gasteiger partial charge in [0.2, 0.25) is 0 Å². The molecule has 1 atom stereocenters. The van der Waals surface area contributed by atoms with E-state index in [1.807, 2.05) is 20.8 Å². The molecule has 0 aliphatic carbocycles. The molecule has 1 unspecified atom stereocenters. The van der Waals surface area contributed by atoms with Crippen molar-refractivity contribution >= 4 is 21.9 Å². The van der Waals surface area contributed by atoms with Gasteiger partial charge in [-0.3, -0.25) is 4.79 Å². The fourth-order valence-corrected chi connectivity index (χ4v) is 1.77. The number of carbonyl (C=O) groups is 1. The molecule has 0 spiro atoms. The predicted octanol–water partition coefficient (Wildman–Crippen LogP) is 3.30. The van der Waals surface area contributed by atoms with E-state index in [4.69, 9.17) is 5.11 Å². The third kappa shape index (κ3) is 5.29. The number of halogens is 1. The highest BCUT2D eigenvalue weighted by Crippen LogP contribution is 2.30. The summed E-state index contributed by atoms with van der Waals surface area (Å²) in [6.07, 6.45) is 2.82. The van der Waals surface area contributed by atoms with Gasteiger partial charge in [-0.2, -0.15) is 0 Å². The Balaban J connectivity index is 4.04. The van der Waals surface area contributed by atoms with Gasteiger partial charge in [-0.1, -0.05) is 43.1 Å². The molecule has 0 amide bonds. The fourth-order valence-electron chi connectivity index (χ4n) is 1.37. The van der Waals surface area contributed by atoms with Crippen molar-refractivity contribution in [3.63, 3.8) is 0 Å². The van der Waals surface area contributed by atoms with Crippen molar-refractivity contribution in [2.24, 2.45) is 11.3 Å². The summed E-state index contributed by atoms with van der Waals surface area (Å²) >= 11 is 3.34. The van der Waals surface area contributed by atoms with Crippen LogP contribution in [0.1, 0.15) is 40.0 Å². The Bertz CT molecular complexity index is 161. The molecule has 3 heteroatoms. The minimum absolute atomic E-state index is 0.127. The van der Waals surface area contributed by atoms with Crippen LogP contribution in [-0.4, -0.2) is 16.4 Å². The molecular formula is C10H19BrO2. The van der Waals surface area contributed by atoms with Crippen LogP contribution in [0.2, 0.25) is 0 Å². The first-order valence-electron chi connectivity index (χ1n) is 4.68. The molecule has 2 nitrogen and oxygen atoms in total. The molecule has 78 valence electrons. The standard InChI is InChI=1S/C10H19BrO2/c1-10(2,3)8(9(12)13)6-4-5-7-11/h8H,4-7H2,1-3H3,(H,12,13). The maximum absolute atomic E-state index is 10.9. The highest BCUT2D eigenvalue weighted by atomic mass is 79.9. The summed E-state index contributed by atoms with van der Waals surface area (Å²) in [5.74, 6) is -0.881. The van der Waals surface area contributed by atoms with E-state index in [0.29, 0.717) is 0 Å². The maximum Gasteiger partial charge on any atom is 0.307 e. The molecule has 0 saturated carbocycles. The Morgan fingerprint density at radius 1 is 1.38 bits per heavy atom. The molecule has 0 aromatic rings. The SMILES string of the molecule is CC(C)(C)C(CCCCBr)C(=O)O. The second kappa shape index (κ2) is 5.63. The topological polar surface area (TPSA) is 37.3 Å². The molecule has 13 heavy (non-hydrogen) atoms. The molecule has 0 saturated heterocycles. The van der Waals surface area contributed by atoms with Crippen LogP contribution in [0.25, 0.3) is 0 Å². The van der Waals surface area contributed by atoms with E-state index < -0.39 is 5.97 Å². The Morgan fingerprint density at radius 3 is 2.23 bits per heavy atom. The fraction of sp³-hybridized carbons (Fsp3) is 0.900. The van der Waals surface area contributed by atoms with Crippen molar-refractivity contribution in [1.29, 1.82) is 0 Å². The molecule has 0 rings (SSSR count). The molecule has 0 bridgehead atoms. The molecule has 0 radical (unpaired) electrons. The lowest BCUT2D eigenvalue weighted by Crippen LogP contribution is -2.28. The van der Waals surface area contributed by atoms with Gasteiger partial charge in [0, 0.05) is 5.33 Å². The van der Waals surface area contributed by atoms with Crippen LogP contribution in [0, 0.1) is 11.3 Å². The lowest BCUT2D eigenvalue weighted by atomic mass is 9.78. The van der Waals surface area contributed by atoms with Crippen LogP contribution in [0.15, 0.2) is 0 Å². The van der Waals surface area contributed by atoms with E-state index in [1.165, 1.54) is 0 Å². The van der Waals surface area contributed by atoms with Crippen molar-refractivity contribution in [2.75, 3.05) is 5.33 Å². The van der Waals surface area contributed by atoms with Gasteiger partial charge in [-0.25, -0.2) is 0 Å². The van der Waals surface area contributed by atoms with Crippen LogP contribution in [0.3, 0.4) is 0 Å². The average Bonchev–Trinajstić information content (AvgIpc) is 1.94. The van der Waals surface area contributed by atoms with Crippen LogP contribution < -0.4 is 0 Å². The lowest BCUT2D eigenvalue weighted by molar-refractivity contribution is -0.145. The third-order valence-corrected chi connectivity index (χ3v) is 2.78. The molecule has 0 aliphatic rings. The summed E-state index contributed by atoms with van der Waals surface area (Å²) in [6.45, 7) is 5.96. The van der Waals surface area contributed by atoms with Gasteiger partial charge in [0.05, 0.1) is 5.92 Å². The quantitative estimate of drug-likeness (QED) is 0.601. The second-order valence-electron chi connectivity index (χ2n) is 4.44. The highest BCUT2D eigenvalue weighted by molar-refractivity contribution is 9.09. The number of carboxylic acid groups (broad SMARTS) is 1. The van der Waals surface area contributed by atoms with Crippen molar-refractivity contribution in [2.45, 2.75) is 40.0 Å². The van der Waals surface area contributed by atoms with E-state index in [0.717, 1.165) is 24.6 Å². The number of aliphatic carboxylic acids is 1. The second-order valence-corrected chi connectivity index (χ2v) is 5.23. The van der Waals surface area contributed by atoms with E-state index in [-0.39, 0.29) is 11.3 Å². The lowest BCUT2D eigenvalue weighted by Gasteiger charge is -2.26. The minimum Gasteiger partial charge on any atom is -0.481 e. The largest absolute Gasteiger partial charge is 0.481 e. The van der Waals surface area contributed by atoms with Crippen molar-refractivity contribution in [1.82, 2.24) is 0 Å². The first-order valence-corrected chi connectivity index (χ1v) is 5.80. The van der Waals surface area contributed by atoms with E-state index in [9.17, 15) is 4.79 Å². The molecule has 0 aromatic heterocycles.